The maximum atomic E-state index is 13.4. The minimum Gasteiger partial charge on any atom is -0.493 e. The van der Waals surface area contributed by atoms with E-state index in [9.17, 15) is 12.8 Å². The molecule has 2 aromatic carbocycles. The zero-order valence-electron chi connectivity index (χ0n) is 14.7. The monoisotopic (exact) mass is 380 g/mol. The minimum atomic E-state index is -3.64. The molecule has 1 aliphatic heterocycles. The standard InChI is InChI=1S/C18H21FN2O4S/c1-24-17-7-6-16(13-18(17)25-2)26(22,23)21-10-8-20(9-11-21)15-5-3-4-14(19)12-15/h3-7,12-13H,8-11H2,1-2H3. The highest BCUT2D eigenvalue weighted by molar-refractivity contribution is 7.89. The van der Waals surface area contributed by atoms with Gasteiger partial charge in [0.1, 0.15) is 5.82 Å². The van der Waals surface area contributed by atoms with Gasteiger partial charge in [0.05, 0.1) is 19.1 Å². The van der Waals surface area contributed by atoms with E-state index >= 15 is 0 Å². The first kappa shape index (κ1) is 18.5. The third-order valence-electron chi connectivity index (χ3n) is 4.40. The van der Waals surface area contributed by atoms with Gasteiger partial charge in [-0.1, -0.05) is 6.07 Å². The van der Waals surface area contributed by atoms with Gasteiger partial charge in [0.25, 0.3) is 0 Å². The summed E-state index contributed by atoms with van der Waals surface area (Å²) in [5.74, 6) is 0.539. The molecule has 1 aliphatic rings. The smallest absolute Gasteiger partial charge is 0.243 e. The van der Waals surface area contributed by atoms with Crippen molar-refractivity contribution in [3.63, 3.8) is 0 Å². The number of anilines is 1. The van der Waals surface area contributed by atoms with Crippen LogP contribution in [-0.2, 0) is 10.0 Å². The lowest BCUT2D eigenvalue weighted by molar-refractivity contribution is 0.353. The van der Waals surface area contributed by atoms with E-state index in [1.807, 2.05) is 11.0 Å². The summed E-state index contributed by atoms with van der Waals surface area (Å²) >= 11 is 0. The normalized spacial score (nSPS) is 15.7. The summed E-state index contributed by atoms with van der Waals surface area (Å²) in [5.41, 5.74) is 0.758. The SMILES string of the molecule is COc1ccc(S(=O)(=O)N2CCN(c3cccc(F)c3)CC2)cc1OC. The number of piperazine rings is 1. The Morgan fingerprint density at radius 3 is 2.23 bits per heavy atom. The number of benzene rings is 2. The molecule has 6 nitrogen and oxygen atoms in total. The van der Waals surface area contributed by atoms with Gasteiger partial charge in [0, 0.05) is 37.9 Å². The van der Waals surface area contributed by atoms with Crippen molar-refractivity contribution in [2.24, 2.45) is 0 Å². The van der Waals surface area contributed by atoms with E-state index in [0.29, 0.717) is 37.7 Å². The van der Waals surface area contributed by atoms with Gasteiger partial charge < -0.3 is 14.4 Å². The third-order valence-corrected chi connectivity index (χ3v) is 6.30. The molecule has 26 heavy (non-hydrogen) atoms. The van der Waals surface area contributed by atoms with Crippen LogP contribution in [0.5, 0.6) is 11.5 Å². The zero-order valence-corrected chi connectivity index (χ0v) is 15.5. The molecule has 2 aromatic rings. The van der Waals surface area contributed by atoms with Crippen LogP contribution in [0.2, 0.25) is 0 Å². The lowest BCUT2D eigenvalue weighted by atomic mass is 10.2. The summed E-state index contributed by atoms with van der Waals surface area (Å²) in [7, 11) is -0.674. The molecular weight excluding hydrogens is 359 g/mol. The molecule has 0 saturated carbocycles. The molecule has 8 heteroatoms. The third kappa shape index (κ3) is 3.61. The van der Waals surface area contributed by atoms with Crippen molar-refractivity contribution >= 4 is 15.7 Å². The van der Waals surface area contributed by atoms with Gasteiger partial charge in [0.15, 0.2) is 11.5 Å². The first-order valence-electron chi connectivity index (χ1n) is 8.18. The largest absolute Gasteiger partial charge is 0.493 e. The second-order valence-corrected chi connectivity index (χ2v) is 7.83. The highest BCUT2D eigenvalue weighted by Gasteiger charge is 2.29. The zero-order chi connectivity index (χ0) is 18.7. The molecule has 0 radical (unpaired) electrons. The molecule has 140 valence electrons. The Balaban J connectivity index is 1.76. The summed E-state index contributed by atoms with van der Waals surface area (Å²) in [5, 5.41) is 0. The average molecular weight is 380 g/mol. The fourth-order valence-corrected chi connectivity index (χ4v) is 4.42. The molecule has 0 spiro atoms. The number of methoxy groups -OCH3 is 2. The summed E-state index contributed by atoms with van der Waals surface area (Å²) in [4.78, 5) is 2.14. The van der Waals surface area contributed by atoms with E-state index in [1.54, 1.807) is 12.1 Å². The van der Waals surface area contributed by atoms with Crippen LogP contribution < -0.4 is 14.4 Å². The Kier molecular flexibility index (Phi) is 5.33. The van der Waals surface area contributed by atoms with Crippen molar-refractivity contribution in [2.75, 3.05) is 45.3 Å². The average Bonchev–Trinajstić information content (AvgIpc) is 2.67. The molecule has 3 rings (SSSR count). The summed E-state index contributed by atoms with van der Waals surface area (Å²) in [6, 6.07) is 10.9. The van der Waals surface area contributed by atoms with E-state index < -0.39 is 10.0 Å². The van der Waals surface area contributed by atoms with E-state index in [-0.39, 0.29) is 10.7 Å². The summed E-state index contributed by atoms with van der Waals surface area (Å²) in [6.07, 6.45) is 0. The summed E-state index contributed by atoms with van der Waals surface area (Å²) < 4.78 is 51.0. The minimum absolute atomic E-state index is 0.161. The van der Waals surface area contributed by atoms with Gasteiger partial charge in [-0.25, -0.2) is 12.8 Å². The van der Waals surface area contributed by atoms with Crippen LogP contribution in [0.1, 0.15) is 0 Å². The Hall–Kier alpha value is -2.32. The van der Waals surface area contributed by atoms with Crippen molar-refractivity contribution in [1.82, 2.24) is 4.31 Å². The molecule has 0 aromatic heterocycles. The molecule has 1 saturated heterocycles. The summed E-state index contributed by atoms with van der Waals surface area (Å²) in [6.45, 7) is 1.65. The van der Waals surface area contributed by atoms with E-state index in [1.165, 1.54) is 42.8 Å². The van der Waals surface area contributed by atoms with E-state index in [2.05, 4.69) is 0 Å². The molecule has 0 bridgehead atoms. The topological polar surface area (TPSA) is 59.1 Å². The molecule has 1 heterocycles. The highest BCUT2D eigenvalue weighted by Crippen LogP contribution is 2.31. The van der Waals surface area contributed by atoms with Crippen LogP contribution in [-0.4, -0.2) is 53.1 Å². The predicted molar refractivity (Wildman–Crippen MR) is 96.9 cm³/mol. The van der Waals surface area contributed by atoms with Gasteiger partial charge in [-0.15, -0.1) is 0 Å². The van der Waals surface area contributed by atoms with Crippen LogP contribution in [0.15, 0.2) is 47.4 Å². The highest BCUT2D eigenvalue weighted by atomic mass is 32.2. The number of hydrogen-bond donors (Lipinski definition) is 0. The lowest BCUT2D eigenvalue weighted by Crippen LogP contribution is -2.48. The van der Waals surface area contributed by atoms with Crippen LogP contribution in [0.25, 0.3) is 0 Å². The van der Waals surface area contributed by atoms with Crippen molar-refractivity contribution in [2.45, 2.75) is 4.90 Å². The Labute approximate surface area is 152 Å². The van der Waals surface area contributed by atoms with Crippen molar-refractivity contribution in [1.29, 1.82) is 0 Å². The number of sulfonamides is 1. The Morgan fingerprint density at radius 2 is 1.62 bits per heavy atom. The Morgan fingerprint density at radius 1 is 0.923 bits per heavy atom. The fourth-order valence-electron chi connectivity index (χ4n) is 2.99. The molecule has 0 amide bonds. The molecular formula is C18H21FN2O4S. The molecule has 0 atom stereocenters. The van der Waals surface area contributed by atoms with E-state index in [0.717, 1.165) is 5.69 Å². The Bertz CT molecular complexity index is 881. The van der Waals surface area contributed by atoms with Crippen molar-refractivity contribution in [3.8, 4) is 11.5 Å². The predicted octanol–water partition coefficient (Wildman–Crippen LogP) is 2.35. The van der Waals surface area contributed by atoms with Crippen LogP contribution in [0.3, 0.4) is 0 Å². The van der Waals surface area contributed by atoms with E-state index in [4.69, 9.17) is 9.47 Å². The van der Waals surface area contributed by atoms with Crippen LogP contribution in [0, 0.1) is 5.82 Å². The van der Waals surface area contributed by atoms with Crippen molar-refractivity contribution < 1.29 is 22.3 Å². The van der Waals surface area contributed by atoms with Gasteiger partial charge in [0.2, 0.25) is 10.0 Å². The first-order valence-corrected chi connectivity index (χ1v) is 9.62. The molecule has 0 N–H and O–H groups in total. The van der Waals surface area contributed by atoms with Gasteiger partial charge in [-0.05, 0) is 30.3 Å². The number of rotatable bonds is 5. The molecule has 1 fully saturated rings. The number of ether oxygens (including phenoxy) is 2. The van der Waals surface area contributed by atoms with Crippen LogP contribution >= 0.6 is 0 Å². The van der Waals surface area contributed by atoms with Gasteiger partial charge in [-0.2, -0.15) is 4.31 Å². The maximum Gasteiger partial charge on any atom is 0.243 e. The second-order valence-electron chi connectivity index (χ2n) is 5.89. The maximum absolute atomic E-state index is 13.4. The lowest BCUT2D eigenvalue weighted by Gasteiger charge is -2.35. The second kappa shape index (κ2) is 7.51. The fraction of sp³-hybridized carbons (Fsp3) is 0.333. The molecule has 0 unspecified atom stereocenters. The van der Waals surface area contributed by atoms with Gasteiger partial charge in [-0.3, -0.25) is 0 Å². The molecule has 0 aliphatic carbocycles. The van der Waals surface area contributed by atoms with Gasteiger partial charge >= 0.3 is 0 Å². The van der Waals surface area contributed by atoms with Crippen LogP contribution in [0.4, 0.5) is 10.1 Å². The first-order chi connectivity index (χ1) is 12.5. The number of halogens is 1. The van der Waals surface area contributed by atoms with Crippen molar-refractivity contribution in [3.05, 3.63) is 48.3 Å². The quantitative estimate of drug-likeness (QED) is 0.797. The number of hydrogen-bond acceptors (Lipinski definition) is 5. The number of nitrogens with zero attached hydrogens (tertiary/aromatic N) is 2.